The van der Waals surface area contributed by atoms with Crippen molar-refractivity contribution in [1.82, 2.24) is 15.5 Å². The van der Waals surface area contributed by atoms with E-state index in [9.17, 15) is 55.2 Å². The molecular weight excluding hydrogens is 658 g/mol. The van der Waals surface area contributed by atoms with E-state index in [2.05, 4.69) is 17.6 Å². The van der Waals surface area contributed by atoms with Gasteiger partial charge in [-0.3, -0.25) is 14.4 Å². The van der Waals surface area contributed by atoms with Crippen LogP contribution in [0, 0.1) is 0 Å². The van der Waals surface area contributed by atoms with Gasteiger partial charge in [-0.2, -0.15) is 0 Å². The molecule has 3 amide bonds. The molecule has 0 fully saturated rings. The molecule has 0 radical (unpaired) electrons. The number of carbonyl (C=O) groups is 3. The minimum absolute atomic E-state index is 0.00732. The lowest BCUT2D eigenvalue weighted by molar-refractivity contribution is -0.149. The van der Waals surface area contributed by atoms with E-state index in [0.29, 0.717) is 12.8 Å². The molecule has 0 aliphatic heterocycles. The molecule has 296 valence electrons. The molecule has 12 N–H and O–H groups in total. The highest BCUT2D eigenvalue weighted by Gasteiger charge is 2.35. The lowest BCUT2D eigenvalue weighted by Crippen LogP contribution is -2.52. The van der Waals surface area contributed by atoms with Crippen molar-refractivity contribution in [3.63, 3.8) is 0 Å². The number of aliphatic hydroxyl groups excluding tert-OH is 10. The molecule has 0 bridgehead atoms. The summed E-state index contributed by atoms with van der Waals surface area (Å²) in [5.74, 6) is -2.18. The Balaban J connectivity index is 4.81. The number of nitrogens with one attached hydrogen (secondary N) is 2. The van der Waals surface area contributed by atoms with Crippen LogP contribution in [-0.4, -0.2) is 162 Å². The smallest absolute Gasteiger partial charge is 0.251 e. The van der Waals surface area contributed by atoms with Gasteiger partial charge in [-0.25, -0.2) is 0 Å². The Morgan fingerprint density at radius 2 is 0.840 bits per heavy atom. The average molecular weight is 726 g/mol. The zero-order chi connectivity index (χ0) is 37.9. The fraction of sp³-hybridized carbons (Fsp3) is 0.912. The van der Waals surface area contributed by atoms with Crippen LogP contribution in [0.25, 0.3) is 0 Å². The van der Waals surface area contributed by atoms with Crippen LogP contribution in [-0.2, 0) is 14.4 Å². The zero-order valence-corrected chi connectivity index (χ0v) is 29.8. The summed E-state index contributed by atoms with van der Waals surface area (Å²) in [7, 11) is 0. The van der Waals surface area contributed by atoms with Crippen LogP contribution >= 0.6 is 0 Å². The molecule has 8 atom stereocenters. The summed E-state index contributed by atoms with van der Waals surface area (Å²) in [5.41, 5.74) is 0. The lowest BCUT2D eigenvalue weighted by Gasteiger charge is -2.26. The van der Waals surface area contributed by atoms with Crippen molar-refractivity contribution < 1.29 is 65.4 Å². The standard InChI is InChI=1S/C34H67N3O13/c1-2-3-4-5-6-7-8-9-10-11-12-13-14-17-26(42)37(20-15-18-35-33(49)31(47)29(45)27(43)24(40)22-38)21-16-19-36-34(50)32(48)30(46)28(44)25(41)23-39/h24-25,27-32,38-41,43-48H,2-23H2,1H3,(H,35,49)(H,36,50)/t24-,25-,27+,28+,29-,30-,31+,32+/m0/s1. The maximum atomic E-state index is 13.1. The zero-order valence-electron chi connectivity index (χ0n) is 29.8. The lowest BCUT2D eigenvalue weighted by atomic mass is 10.0. The minimum atomic E-state index is -2.08. The van der Waals surface area contributed by atoms with Gasteiger partial charge in [0.15, 0.2) is 12.2 Å². The number of hydrogen-bond donors (Lipinski definition) is 12. The highest BCUT2D eigenvalue weighted by molar-refractivity contribution is 5.81. The van der Waals surface area contributed by atoms with E-state index >= 15 is 0 Å². The Bertz CT molecular complexity index is 839. The van der Waals surface area contributed by atoms with Crippen LogP contribution in [0.15, 0.2) is 0 Å². The maximum Gasteiger partial charge on any atom is 0.251 e. The van der Waals surface area contributed by atoms with Gasteiger partial charge in [0.05, 0.1) is 13.2 Å². The van der Waals surface area contributed by atoms with Gasteiger partial charge in [0.2, 0.25) is 5.91 Å². The molecule has 0 aliphatic carbocycles. The molecule has 0 saturated heterocycles. The van der Waals surface area contributed by atoms with Crippen molar-refractivity contribution in [2.45, 2.75) is 158 Å². The highest BCUT2D eigenvalue weighted by atomic mass is 16.4. The Morgan fingerprint density at radius 1 is 0.500 bits per heavy atom. The number of hydrogen-bond acceptors (Lipinski definition) is 13. The largest absolute Gasteiger partial charge is 0.394 e. The number of aliphatic hydroxyl groups is 10. The molecular formula is C34H67N3O13. The molecule has 0 aromatic rings. The predicted octanol–water partition coefficient (Wildman–Crippen LogP) is -1.82. The van der Waals surface area contributed by atoms with Crippen molar-refractivity contribution in [2.24, 2.45) is 0 Å². The van der Waals surface area contributed by atoms with Gasteiger partial charge in [0.1, 0.15) is 36.6 Å². The number of amides is 3. The molecule has 0 saturated carbocycles. The highest BCUT2D eigenvalue weighted by Crippen LogP contribution is 2.14. The molecule has 16 nitrogen and oxygen atoms in total. The molecule has 50 heavy (non-hydrogen) atoms. The molecule has 0 aliphatic rings. The van der Waals surface area contributed by atoms with Gasteiger partial charge in [-0.15, -0.1) is 0 Å². The number of unbranched alkanes of at least 4 members (excludes halogenated alkanes) is 12. The second kappa shape index (κ2) is 29.6. The van der Waals surface area contributed by atoms with Gasteiger partial charge in [-0.05, 0) is 19.3 Å². The van der Waals surface area contributed by atoms with Gasteiger partial charge in [-0.1, -0.05) is 84.0 Å². The first-order valence-electron chi connectivity index (χ1n) is 18.3. The Hall–Kier alpha value is -1.99. The summed E-state index contributed by atoms with van der Waals surface area (Å²) in [5, 5.41) is 101. The first-order valence-corrected chi connectivity index (χ1v) is 18.3. The molecule has 0 rings (SSSR count). The minimum Gasteiger partial charge on any atom is -0.394 e. The fourth-order valence-corrected chi connectivity index (χ4v) is 5.34. The topological polar surface area (TPSA) is 281 Å². The van der Waals surface area contributed by atoms with Crippen LogP contribution in [0.4, 0.5) is 0 Å². The predicted molar refractivity (Wildman–Crippen MR) is 184 cm³/mol. The number of nitrogens with zero attached hydrogens (tertiary/aromatic N) is 1. The maximum absolute atomic E-state index is 13.1. The number of carbonyl (C=O) groups excluding carboxylic acids is 3. The summed E-state index contributed by atoms with van der Waals surface area (Å²) in [6.45, 7) is 0.815. The van der Waals surface area contributed by atoms with Crippen LogP contribution in [0.3, 0.4) is 0 Å². The fourth-order valence-electron chi connectivity index (χ4n) is 5.34. The summed E-state index contributed by atoms with van der Waals surface area (Å²) in [6.07, 6.45) is 0.264. The summed E-state index contributed by atoms with van der Waals surface area (Å²) in [4.78, 5) is 39.1. The number of rotatable bonds is 32. The average Bonchev–Trinajstić information content (AvgIpc) is 3.12. The van der Waals surface area contributed by atoms with Crippen molar-refractivity contribution in [2.75, 3.05) is 39.4 Å². The second-order valence-corrected chi connectivity index (χ2v) is 13.0. The Kier molecular flexibility index (Phi) is 28.4. The Morgan fingerprint density at radius 3 is 1.18 bits per heavy atom. The van der Waals surface area contributed by atoms with E-state index < -0.39 is 73.9 Å². The van der Waals surface area contributed by atoms with E-state index in [0.717, 1.165) is 19.3 Å². The monoisotopic (exact) mass is 725 g/mol. The molecule has 0 heterocycles. The quantitative estimate of drug-likeness (QED) is 0.0341. The van der Waals surface area contributed by atoms with Crippen LogP contribution < -0.4 is 10.6 Å². The van der Waals surface area contributed by atoms with Crippen LogP contribution in [0.2, 0.25) is 0 Å². The first-order chi connectivity index (χ1) is 23.8. The van der Waals surface area contributed by atoms with E-state index in [1.54, 1.807) is 4.90 Å². The molecule has 0 aromatic heterocycles. The molecule has 16 heteroatoms. The summed E-state index contributed by atoms with van der Waals surface area (Å²) in [6, 6.07) is 0. The SMILES string of the molecule is CCCCCCCCCCCCCCCC(=O)N(CCCNC(=O)[C@H](O)[C@@H](O)[C@H](O)[C@@H](O)CO)CCCNC(=O)[C@H](O)[C@@H](O)[C@H](O)[C@@H](O)CO. The van der Waals surface area contributed by atoms with E-state index in [4.69, 9.17) is 10.2 Å². The van der Waals surface area contributed by atoms with Crippen molar-refractivity contribution >= 4 is 17.7 Å². The molecule has 0 spiro atoms. The van der Waals surface area contributed by atoms with Crippen LogP contribution in [0.5, 0.6) is 0 Å². The van der Waals surface area contributed by atoms with Gasteiger partial charge in [0.25, 0.3) is 11.8 Å². The summed E-state index contributed by atoms with van der Waals surface area (Å²) >= 11 is 0. The third kappa shape index (κ3) is 20.8. The third-order valence-corrected chi connectivity index (χ3v) is 8.70. The van der Waals surface area contributed by atoms with Crippen molar-refractivity contribution in [3.05, 3.63) is 0 Å². The second-order valence-electron chi connectivity index (χ2n) is 13.0. The van der Waals surface area contributed by atoms with Gasteiger partial charge < -0.3 is 66.6 Å². The van der Waals surface area contributed by atoms with Gasteiger partial charge in [0, 0.05) is 32.6 Å². The van der Waals surface area contributed by atoms with Gasteiger partial charge >= 0.3 is 0 Å². The normalized spacial score (nSPS) is 16.5. The first kappa shape index (κ1) is 48.0. The van der Waals surface area contributed by atoms with E-state index in [1.165, 1.54) is 57.8 Å². The van der Waals surface area contributed by atoms with Crippen molar-refractivity contribution in [1.29, 1.82) is 0 Å². The molecule has 0 unspecified atom stereocenters. The van der Waals surface area contributed by atoms with E-state index in [1.807, 2.05) is 0 Å². The van der Waals surface area contributed by atoms with Crippen LogP contribution in [0.1, 0.15) is 110 Å². The Labute approximate surface area is 296 Å². The molecule has 0 aromatic carbocycles. The van der Waals surface area contributed by atoms with Crippen molar-refractivity contribution in [3.8, 4) is 0 Å². The summed E-state index contributed by atoms with van der Waals surface area (Å²) < 4.78 is 0. The third-order valence-electron chi connectivity index (χ3n) is 8.70. The van der Waals surface area contributed by atoms with E-state index in [-0.39, 0.29) is 44.9 Å².